The second-order valence-electron chi connectivity index (χ2n) is 15.2. The summed E-state index contributed by atoms with van der Waals surface area (Å²) in [6.45, 7) is 0. The fraction of sp³-hybridized carbons (Fsp3) is 0.0185. The number of nitrogens with zero attached hydrogens (tertiary/aromatic N) is 4. The minimum Gasteiger partial charge on any atom is -0.293 e. The lowest BCUT2D eigenvalue weighted by Gasteiger charge is -2.30. The van der Waals surface area contributed by atoms with Gasteiger partial charge in [-0.25, -0.2) is 9.97 Å². The summed E-state index contributed by atoms with van der Waals surface area (Å²) in [6, 6.07) is 71.2. The summed E-state index contributed by atoms with van der Waals surface area (Å²) >= 11 is 0. The summed E-state index contributed by atoms with van der Waals surface area (Å²) in [5, 5.41) is 11.7. The van der Waals surface area contributed by atoms with Crippen LogP contribution in [0.25, 0.3) is 83.6 Å². The molecule has 10 aromatic rings. The Morgan fingerprint density at radius 1 is 0.448 bits per heavy atom. The molecule has 58 heavy (non-hydrogen) atoms. The monoisotopic (exact) mass is 736 g/mol. The maximum atomic E-state index is 9.32. The van der Waals surface area contributed by atoms with Gasteiger partial charge < -0.3 is 0 Å². The third-order valence-corrected chi connectivity index (χ3v) is 12.3. The molecule has 8 aromatic carbocycles. The zero-order chi connectivity index (χ0) is 38.4. The Labute approximate surface area is 335 Å². The number of aromatic nitrogens is 3. The van der Waals surface area contributed by atoms with Gasteiger partial charge in [0, 0.05) is 33.5 Å². The van der Waals surface area contributed by atoms with Crippen molar-refractivity contribution in [2.24, 2.45) is 0 Å². The molecule has 2 aromatic heterocycles. The van der Waals surface area contributed by atoms with Crippen molar-refractivity contribution in [3.05, 3.63) is 222 Å². The van der Waals surface area contributed by atoms with E-state index in [0.29, 0.717) is 11.4 Å². The topological polar surface area (TPSA) is 54.5 Å². The maximum absolute atomic E-state index is 9.32. The molecule has 0 bridgehead atoms. The second-order valence-corrected chi connectivity index (χ2v) is 15.2. The molecule has 0 radical (unpaired) electrons. The zero-order valence-corrected chi connectivity index (χ0v) is 31.3. The zero-order valence-electron chi connectivity index (χ0n) is 31.3. The molecule has 0 amide bonds. The van der Waals surface area contributed by atoms with E-state index < -0.39 is 5.41 Å². The third-order valence-electron chi connectivity index (χ3n) is 12.3. The van der Waals surface area contributed by atoms with Gasteiger partial charge in [0.15, 0.2) is 5.82 Å². The number of hydrogen-bond acceptors (Lipinski definition) is 3. The Balaban J connectivity index is 1.15. The van der Waals surface area contributed by atoms with E-state index in [9.17, 15) is 5.26 Å². The van der Waals surface area contributed by atoms with Crippen molar-refractivity contribution < 1.29 is 0 Å². The summed E-state index contributed by atoms with van der Waals surface area (Å²) in [7, 11) is 0. The average molecular weight is 737 g/mol. The normalized spacial score (nSPS) is 12.9. The summed E-state index contributed by atoms with van der Waals surface area (Å²) in [5.74, 6) is 1.46. The first-order valence-corrected chi connectivity index (χ1v) is 19.6. The van der Waals surface area contributed by atoms with Crippen LogP contribution in [0.3, 0.4) is 0 Å². The molecule has 0 saturated carbocycles. The van der Waals surface area contributed by atoms with Gasteiger partial charge >= 0.3 is 0 Å². The van der Waals surface area contributed by atoms with E-state index in [2.05, 4.69) is 174 Å². The van der Waals surface area contributed by atoms with E-state index in [0.717, 1.165) is 44.8 Å². The fourth-order valence-electron chi connectivity index (χ4n) is 9.85. The highest BCUT2D eigenvalue weighted by molar-refractivity contribution is 6.16. The van der Waals surface area contributed by atoms with Gasteiger partial charge in [-0.1, -0.05) is 170 Å². The smallest absolute Gasteiger partial charge is 0.162 e. The molecule has 2 heterocycles. The molecule has 2 aliphatic carbocycles. The molecule has 0 saturated heterocycles. The quantitative estimate of drug-likeness (QED) is 0.181. The van der Waals surface area contributed by atoms with Gasteiger partial charge in [-0.05, 0) is 68.3 Å². The van der Waals surface area contributed by atoms with Gasteiger partial charge in [0.05, 0.1) is 33.8 Å². The van der Waals surface area contributed by atoms with Crippen LogP contribution in [0.4, 0.5) is 0 Å². The molecule has 12 rings (SSSR count). The third kappa shape index (κ3) is 4.44. The van der Waals surface area contributed by atoms with Crippen molar-refractivity contribution in [2.45, 2.75) is 5.41 Å². The summed E-state index contributed by atoms with van der Waals surface area (Å²) < 4.78 is 2.38. The summed E-state index contributed by atoms with van der Waals surface area (Å²) in [6.07, 6.45) is 0. The van der Waals surface area contributed by atoms with Crippen molar-refractivity contribution in [1.82, 2.24) is 14.5 Å². The molecule has 1 spiro atoms. The minimum atomic E-state index is -0.461. The Morgan fingerprint density at radius 3 is 1.71 bits per heavy atom. The first-order valence-electron chi connectivity index (χ1n) is 19.6. The van der Waals surface area contributed by atoms with E-state index in [-0.39, 0.29) is 0 Å². The fourth-order valence-corrected chi connectivity index (χ4v) is 9.85. The number of rotatable bonds is 4. The Morgan fingerprint density at radius 2 is 1.02 bits per heavy atom. The van der Waals surface area contributed by atoms with Gasteiger partial charge in [-0.2, -0.15) is 5.26 Å². The SMILES string of the molecule is N#Cc1ccc(-c2ccc(-c3nc(-c4ccccc4)cc(-n4c5ccccc5c5ccc6c(c54)-c4ccccc4C64c5ccccc5-c5ccccc54)n3)cc2)cc1. The van der Waals surface area contributed by atoms with E-state index in [4.69, 9.17) is 9.97 Å². The molecule has 268 valence electrons. The van der Waals surface area contributed by atoms with E-state index in [1.807, 2.05) is 30.3 Å². The highest BCUT2D eigenvalue weighted by atomic mass is 15.1. The average Bonchev–Trinajstić information content (AvgIpc) is 3.91. The first kappa shape index (κ1) is 32.4. The number of benzene rings is 8. The van der Waals surface area contributed by atoms with Crippen LogP contribution < -0.4 is 0 Å². The lowest BCUT2D eigenvalue weighted by Crippen LogP contribution is -2.25. The molecule has 0 atom stereocenters. The lowest BCUT2D eigenvalue weighted by atomic mass is 9.70. The number of hydrogen-bond donors (Lipinski definition) is 0. The van der Waals surface area contributed by atoms with Crippen molar-refractivity contribution >= 4 is 21.8 Å². The summed E-state index contributed by atoms with van der Waals surface area (Å²) in [4.78, 5) is 10.7. The predicted molar refractivity (Wildman–Crippen MR) is 234 cm³/mol. The predicted octanol–water partition coefficient (Wildman–Crippen LogP) is 12.8. The van der Waals surface area contributed by atoms with Crippen molar-refractivity contribution in [2.75, 3.05) is 0 Å². The molecule has 0 N–H and O–H groups in total. The van der Waals surface area contributed by atoms with Crippen LogP contribution in [0, 0.1) is 11.3 Å². The van der Waals surface area contributed by atoms with Crippen LogP contribution in [0.5, 0.6) is 0 Å². The molecular formula is C54H32N4. The van der Waals surface area contributed by atoms with Gasteiger partial charge in [0.25, 0.3) is 0 Å². The first-order chi connectivity index (χ1) is 28.7. The minimum absolute atomic E-state index is 0.461. The highest BCUT2D eigenvalue weighted by Crippen LogP contribution is 2.64. The number of nitriles is 1. The van der Waals surface area contributed by atoms with Gasteiger partial charge in [0.1, 0.15) is 5.82 Å². The van der Waals surface area contributed by atoms with Crippen LogP contribution >= 0.6 is 0 Å². The largest absolute Gasteiger partial charge is 0.293 e. The van der Waals surface area contributed by atoms with Crippen LogP contribution in [0.1, 0.15) is 27.8 Å². The van der Waals surface area contributed by atoms with E-state index >= 15 is 0 Å². The lowest BCUT2D eigenvalue weighted by molar-refractivity contribution is 0.794. The molecular weight excluding hydrogens is 705 g/mol. The molecule has 4 heteroatoms. The van der Waals surface area contributed by atoms with Gasteiger partial charge in [-0.3, -0.25) is 4.57 Å². The van der Waals surface area contributed by atoms with Crippen LogP contribution in [0.2, 0.25) is 0 Å². The molecule has 2 aliphatic rings. The van der Waals surface area contributed by atoms with Gasteiger partial charge in [0.2, 0.25) is 0 Å². The van der Waals surface area contributed by atoms with Crippen molar-refractivity contribution in [3.8, 4) is 67.9 Å². The maximum Gasteiger partial charge on any atom is 0.162 e. The van der Waals surface area contributed by atoms with Crippen LogP contribution in [-0.4, -0.2) is 14.5 Å². The van der Waals surface area contributed by atoms with Crippen LogP contribution in [-0.2, 0) is 5.41 Å². The standard InChI is InChI=1S/C54H32N4/c55-33-34-22-24-35(25-23-34)36-26-28-38(29-27-36)53-56-48(37-12-2-1-3-13-37)32-50(57-53)58-49-21-11-7-16-41(49)42-30-31-47-51(52(42)58)43-17-6-10-20-46(43)54(47)44-18-8-4-14-39(44)40-15-5-9-19-45(40)54/h1-32H. The Hall–Kier alpha value is -7.87. The summed E-state index contributed by atoms with van der Waals surface area (Å²) in [5.41, 5.74) is 17.6. The highest BCUT2D eigenvalue weighted by Gasteiger charge is 2.52. The number of fused-ring (bicyclic) bond motifs is 14. The molecule has 0 aliphatic heterocycles. The molecule has 0 unspecified atom stereocenters. The molecule has 4 nitrogen and oxygen atoms in total. The van der Waals surface area contributed by atoms with Crippen molar-refractivity contribution in [3.63, 3.8) is 0 Å². The Bertz CT molecular complexity index is 3290. The van der Waals surface area contributed by atoms with E-state index in [1.54, 1.807) is 0 Å². The molecule has 0 fully saturated rings. The van der Waals surface area contributed by atoms with Crippen LogP contribution in [0.15, 0.2) is 194 Å². The van der Waals surface area contributed by atoms with Gasteiger partial charge in [-0.15, -0.1) is 0 Å². The van der Waals surface area contributed by atoms with Crippen molar-refractivity contribution in [1.29, 1.82) is 5.26 Å². The second kappa shape index (κ2) is 12.3. The number of para-hydroxylation sites is 1. The van der Waals surface area contributed by atoms with E-state index in [1.165, 1.54) is 55.3 Å². The Kier molecular flexibility index (Phi) is 6.88.